The van der Waals surface area contributed by atoms with E-state index < -0.39 is 0 Å². The van der Waals surface area contributed by atoms with E-state index in [4.69, 9.17) is 0 Å². The minimum Gasteiger partial charge on any atom is -1.00 e. The van der Waals surface area contributed by atoms with Gasteiger partial charge in [-0.3, -0.25) is 0 Å². The van der Waals surface area contributed by atoms with E-state index in [1.54, 1.807) is 5.92 Å². The molecule has 0 N–H and O–H groups in total. The van der Waals surface area contributed by atoms with Crippen LogP contribution in [-0.2, 0) is 0 Å². The summed E-state index contributed by atoms with van der Waals surface area (Å²) in [5.41, 5.74) is 0. The average Bonchev–Trinajstić information content (AvgIpc) is 1.80. The van der Waals surface area contributed by atoms with Crippen molar-refractivity contribution >= 4 is 23.1 Å². The third-order valence-corrected chi connectivity index (χ3v) is 1.53. The number of hydrogen-bond donors (Lipinski definition) is 0. The third-order valence-electron chi connectivity index (χ3n) is 1.53. The maximum atomic E-state index is 2.25. The molecule has 2 heteroatoms. The predicted octanol–water partition coefficient (Wildman–Crippen LogP) is 0.194. The summed E-state index contributed by atoms with van der Waals surface area (Å²) in [5, 5.41) is 0. The number of unbranched alkanes of at least 4 members (excludes halogenated alkanes) is 3. The molecular formula is C9H19BrMg. The van der Waals surface area contributed by atoms with Gasteiger partial charge in [0, 0.05) is 0 Å². The predicted molar refractivity (Wildman–Crippen MR) is 49.1 cm³/mol. The van der Waals surface area contributed by atoms with Crippen molar-refractivity contribution in [2.45, 2.75) is 52.9 Å². The standard InChI is InChI=1S/C9H19.BrH.Mg/c1-4-5-6-7-8-9(2)3;;/h4-8H2,1-3H3;1H;/q-1;;+2/p-1. The molecule has 0 aromatic carbocycles. The van der Waals surface area contributed by atoms with Crippen LogP contribution in [0, 0.1) is 5.92 Å². The van der Waals surface area contributed by atoms with Gasteiger partial charge >= 0.3 is 23.1 Å². The Morgan fingerprint density at radius 1 is 1.00 bits per heavy atom. The van der Waals surface area contributed by atoms with Gasteiger partial charge in [-0.25, -0.2) is 0 Å². The van der Waals surface area contributed by atoms with Crippen LogP contribution in [0.5, 0.6) is 0 Å². The largest absolute Gasteiger partial charge is 2.00 e. The summed E-state index contributed by atoms with van der Waals surface area (Å²) in [5.74, 6) is 1.58. The van der Waals surface area contributed by atoms with Crippen LogP contribution in [0.1, 0.15) is 52.9 Å². The zero-order valence-electron chi connectivity index (χ0n) is 8.12. The van der Waals surface area contributed by atoms with E-state index >= 15 is 0 Å². The molecule has 0 aliphatic rings. The second-order valence-electron chi connectivity index (χ2n) is 3.02. The van der Waals surface area contributed by atoms with Gasteiger partial charge in [0.25, 0.3) is 0 Å². The Morgan fingerprint density at radius 3 is 1.91 bits per heavy atom. The van der Waals surface area contributed by atoms with Crippen LogP contribution in [0.15, 0.2) is 0 Å². The van der Waals surface area contributed by atoms with Crippen molar-refractivity contribution in [3.63, 3.8) is 0 Å². The molecule has 0 spiro atoms. The Bertz CT molecular complexity index is 55.5. The van der Waals surface area contributed by atoms with Crippen molar-refractivity contribution in [2.24, 2.45) is 0 Å². The van der Waals surface area contributed by atoms with E-state index in [2.05, 4.69) is 20.8 Å². The fraction of sp³-hybridized carbons (Fsp3) is 0.889. The first-order valence-electron chi connectivity index (χ1n) is 4.06. The minimum absolute atomic E-state index is 0. The second-order valence-corrected chi connectivity index (χ2v) is 3.02. The third kappa shape index (κ3) is 18.3. The minimum atomic E-state index is 0. The molecule has 0 atom stereocenters. The van der Waals surface area contributed by atoms with E-state index in [1.165, 1.54) is 32.1 Å². The smallest absolute Gasteiger partial charge is 1.00 e. The molecule has 0 nitrogen and oxygen atoms in total. The molecule has 11 heavy (non-hydrogen) atoms. The van der Waals surface area contributed by atoms with Gasteiger partial charge in [-0.2, -0.15) is 20.3 Å². The molecule has 0 aliphatic heterocycles. The Kier molecular flexibility index (Phi) is 22.7. The summed E-state index contributed by atoms with van der Waals surface area (Å²) in [6, 6.07) is 0. The van der Waals surface area contributed by atoms with E-state index in [0.717, 1.165) is 0 Å². The second kappa shape index (κ2) is 13.8. The first-order chi connectivity index (χ1) is 4.27. The zero-order chi connectivity index (χ0) is 7.11. The topological polar surface area (TPSA) is 0 Å². The van der Waals surface area contributed by atoms with Gasteiger partial charge in [-0.05, 0) is 0 Å². The summed E-state index contributed by atoms with van der Waals surface area (Å²) in [6.45, 7) is 6.68. The average molecular weight is 231 g/mol. The van der Waals surface area contributed by atoms with Crippen LogP contribution in [-0.4, -0.2) is 23.1 Å². The van der Waals surface area contributed by atoms with E-state index in [-0.39, 0.29) is 40.0 Å². The van der Waals surface area contributed by atoms with Gasteiger partial charge in [-0.15, -0.1) is 0 Å². The van der Waals surface area contributed by atoms with Crippen molar-refractivity contribution in [3.05, 3.63) is 5.92 Å². The van der Waals surface area contributed by atoms with Gasteiger partial charge in [0.15, 0.2) is 0 Å². The summed E-state index contributed by atoms with van der Waals surface area (Å²) in [7, 11) is 0. The Balaban J connectivity index is -0.000000320. The maximum Gasteiger partial charge on any atom is 2.00 e. The fourth-order valence-corrected chi connectivity index (χ4v) is 0.905. The summed E-state index contributed by atoms with van der Waals surface area (Å²) in [4.78, 5) is 0. The molecule has 0 radical (unpaired) electrons. The molecule has 0 heterocycles. The maximum absolute atomic E-state index is 2.25. The number of hydrogen-bond acceptors (Lipinski definition) is 0. The van der Waals surface area contributed by atoms with Crippen LogP contribution in [0.2, 0.25) is 0 Å². The molecule has 0 rings (SSSR count). The summed E-state index contributed by atoms with van der Waals surface area (Å²) in [6.07, 6.45) is 6.91. The molecule has 0 unspecified atom stereocenters. The van der Waals surface area contributed by atoms with Crippen molar-refractivity contribution < 1.29 is 17.0 Å². The van der Waals surface area contributed by atoms with Crippen molar-refractivity contribution in [2.75, 3.05) is 0 Å². The molecule has 0 amide bonds. The quantitative estimate of drug-likeness (QED) is 0.360. The number of halogens is 1. The summed E-state index contributed by atoms with van der Waals surface area (Å²) < 4.78 is 0. The van der Waals surface area contributed by atoms with Gasteiger partial charge in [0.1, 0.15) is 0 Å². The van der Waals surface area contributed by atoms with E-state index in [0.29, 0.717) is 0 Å². The van der Waals surface area contributed by atoms with Gasteiger partial charge in [0.05, 0.1) is 0 Å². The zero-order valence-corrected chi connectivity index (χ0v) is 11.1. The van der Waals surface area contributed by atoms with E-state index in [1.807, 2.05) is 0 Å². The van der Waals surface area contributed by atoms with Crippen molar-refractivity contribution in [1.29, 1.82) is 0 Å². The molecule has 0 aromatic heterocycles. The Morgan fingerprint density at radius 2 is 1.55 bits per heavy atom. The van der Waals surface area contributed by atoms with Crippen LogP contribution < -0.4 is 17.0 Å². The van der Waals surface area contributed by atoms with Crippen molar-refractivity contribution in [3.8, 4) is 0 Å². The first kappa shape index (κ1) is 18.1. The Hall–Kier alpha value is 1.25. The SMILES string of the molecule is CCCCCC[C-](C)C.[Br-].[Mg+2]. The first-order valence-corrected chi connectivity index (χ1v) is 4.06. The van der Waals surface area contributed by atoms with Crippen molar-refractivity contribution in [1.82, 2.24) is 0 Å². The molecule has 0 saturated heterocycles. The van der Waals surface area contributed by atoms with Crippen LogP contribution in [0.4, 0.5) is 0 Å². The van der Waals surface area contributed by atoms with Gasteiger partial charge in [0.2, 0.25) is 0 Å². The molecule has 0 aromatic rings. The van der Waals surface area contributed by atoms with Gasteiger partial charge < -0.3 is 22.9 Å². The Labute approximate surface area is 98.4 Å². The molecule has 0 bridgehead atoms. The van der Waals surface area contributed by atoms with Crippen LogP contribution >= 0.6 is 0 Å². The molecular weight excluding hydrogens is 212 g/mol. The van der Waals surface area contributed by atoms with Gasteiger partial charge in [-0.1, -0.05) is 32.6 Å². The normalized spacial score (nSPS) is 8.73. The molecule has 0 saturated carbocycles. The number of rotatable bonds is 5. The summed E-state index contributed by atoms with van der Waals surface area (Å²) >= 11 is 0. The molecule has 64 valence electrons. The monoisotopic (exact) mass is 230 g/mol. The fourth-order valence-electron chi connectivity index (χ4n) is 0.905. The molecule has 0 fully saturated rings. The van der Waals surface area contributed by atoms with E-state index in [9.17, 15) is 0 Å². The van der Waals surface area contributed by atoms with Crippen LogP contribution in [0.25, 0.3) is 0 Å². The van der Waals surface area contributed by atoms with Crippen LogP contribution in [0.3, 0.4) is 0 Å². The molecule has 0 aliphatic carbocycles.